The first kappa shape index (κ1) is 13.1. The average Bonchev–Trinajstić information content (AvgIpc) is 2.49. The molecule has 0 saturated carbocycles. The van der Waals surface area contributed by atoms with Crippen molar-refractivity contribution in [3.63, 3.8) is 0 Å². The number of hydrogen-bond acceptors (Lipinski definition) is 3. The average molecular weight is 269 g/mol. The number of fused-ring (bicyclic) bond motifs is 1. The molecule has 0 radical (unpaired) electrons. The molecule has 1 aliphatic rings. The molecule has 20 heavy (non-hydrogen) atoms. The fourth-order valence-corrected chi connectivity index (χ4v) is 2.65. The van der Waals surface area contributed by atoms with Crippen molar-refractivity contribution >= 4 is 16.7 Å². The van der Waals surface area contributed by atoms with Crippen LogP contribution in [0.5, 0.6) is 0 Å². The number of carbonyl (C=O) groups is 1. The van der Waals surface area contributed by atoms with Gasteiger partial charge in [-0.1, -0.05) is 6.07 Å². The second kappa shape index (κ2) is 5.59. The van der Waals surface area contributed by atoms with Crippen LogP contribution in [0.4, 0.5) is 0 Å². The highest BCUT2D eigenvalue weighted by molar-refractivity contribution is 5.98. The van der Waals surface area contributed by atoms with Gasteiger partial charge in [0.15, 0.2) is 0 Å². The summed E-state index contributed by atoms with van der Waals surface area (Å²) in [5.74, 6) is 0.0262. The normalized spacial score (nSPS) is 17.2. The van der Waals surface area contributed by atoms with E-state index in [0.717, 1.165) is 42.3 Å². The molecule has 1 N–H and O–H groups in total. The van der Waals surface area contributed by atoms with E-state index < -0.39 is 0 Å². The summed E-state index contributed by atoms with van der Waals surface area (Å²) in [5.41, 5.74) is 0.725. The van der Waals surface area contributed by atoms with Crippen molar-refractivity contribution in [1.29, 1.82) is 0 Å². The van der Waals surface area contributed by atoms with E-state index >= 15 is 0 Å². The van der Waals surface area contributed by atoms with Gasteiger partial charge in [-0.2, -0.15) is 0 Å². The molecule has 104 valence electrons. The Hall–Kier alpha value is -1.94. The van der Waals surface area contributed by atoms with Crippen molar-refractivity contribution in [2.24, 2.45) is 0 Å². The Bertz CT molecular complexity index is 618. The summed E-state index contributed by atoms with van der Waals surface area (Å²) < 4.78 is 0. The zero-order valence-electron chi connectivity index (χ0n) is 11.7. The van der Waals surface area contributed by atoms with Gasteiger partial charge in [-0.15, -0.1) is 0 Å². The summed E-state index contributed by atoms with van der Waals surface area (Å²) >= 11 is 0. The predicted molar refractivity (Wildman–Crippen MR) is 79.7 cm³/mol. The van der Waals surface area contributed by atoms with E-state index in [1.165, 1.54) is 0 Å². The van der Waals surface area contributed by atoms with E-state index in [1.807, 2.05) is 30.5 Å². The molecule has 4 heteroatoms. The summed E-state index contributed by atoms with van der Waals surface area (Å²) in [6.07, 6.45) is 5.62. The van der Waals surface area contributed by atoms with Gasteiger partial charge in [0.25, 0.3) is 5.91 Å². The first-order valence-electron chi connectivity index (χ1n) is 7.05. The van der Waals surface area contributed by atoms with E-state index in [4.69, 9.17) is 0 Å². The van der Waals surface area contributed by atoms with Crippen LogP contribution >= 0.6 is 0 Å². The second-order valence-electron chi connectivity index (χ2n) is 5.49. The van der Waals surface area contributed by atoms with E-state index in [9.17, 15) is 4.79 Å². The topological polar surface area (TPSA) is 45.2 Å². The number of piperidine rings is 1. The summed E-state index contributed by atoms with van der Waals surface area (Å²) in [4.78, 5) is 18.7. The van der Waals surface area contributed by atoms with Crippen LogP contribution in [0.25, 0.3) is 10.8 Å². The van der Waals surface area contributed by atoms with Gasteiger partial charge < -0.3 is 10.2 Å². The Balaban J connectivity index is 1.72. The molecule has 0 bridgehead atoms. The predicted octanol–water partition coefficient (Wildman–Crippen LogP) is 2.06. The lowest BCUT2D eigenvalue weighted by Crippen LogP contribution is -2.43. The SMILES string of the molecule is CN1CCC(NC(=O)c2ccc3cnccc3c2)CC1. The highest BCUT2D eigenvalue weighted by atomic mass is 16.1. The molecular weight excluding hydrogens is 250 g/mol. The molecule has 4 nitrogen and oxygen atoms in total. The van der Waals surface area contributed by atoms with Gasteiger partial charge in [0, 0.05) is 29.4 Å². The maximum absolute atomic E-state index is 12.3. The van der Waals surface area contributed by atoms with Gasteiger partial charge in [0.1, 0.15) is 0 Å². The minimum atomic E-state index is 0.0262. The van der Waals surface area contributed by atoms with E-state index in [0.29, 0.717) is 6.04 Å². The van der Waals surface area contributed by atoms with Crippen LogP contribution in [0, 0.1) is 0 Å². The van der Waals surface area contributed by atoms with Gasteiger partial charge in [-0.25, -0.2) is 0 Å². The van der Waals surface area contributed by atoms with Gasteiger partial charge in [-0.05, 0) is 56.6 Å². The van der Waals surface area contributed by atoms with E-state index in [1.54, 1.807) is 6.20 Å². The number of aromatic nitrogens is 1. The molecule has 0 unspecified atom stereocenters. The molecule has 1 fully saturated rings. The van der Waals surface area contributed by atoms with E-state index in [2.05, 4.69) is 22.2 Å². The minimum absolute atomic E-state index is 0.0262. The number of rotatable bonds is 2. The maximum atomic E-state index is 12.3. The highest BCUT2D eigenvalue weighted by Gasteiger charge is 2.19. The van der Waals surface area contributed by atoms with Crippen molar-refractivity contribution in [1.82, 2.24) is 15.2 Å². The zero-order valence-corrected chi connectivity index (χ0v) is 11.7. The van der Waals surface area contributed by atoms with Crippen molar-refractivity contribution < 1.29 is 4.79 Å². The number of nitrogens with zero attached hydrogens (tertiary/aromatic N) is 2. The van der Waals surface area contributed by atoms with Crippen LogP contribution in [-0.4, -0.2) is 42.0 Å². The van der Waals surface area contributed by atoms with Crippen LogP contribution in [0.3, 0.4) is 0 Å². The molecule has 0 spiro atoms. The maximum Gasteiger partial charge on any atom is 0.251 e. The molecule has 2 aromatic rings. The van der Waals surface area contributed by atoms with Gasteiger partial charge in [-0.3, -0.25) is 9.78 Å². The van der Waals surface area contributed by atoms with Crippen LogP contribution in [0.2, 0.25) is 0 Å². The lowest BCUT2D eigenvalue weighted by Gasteiger charge is -2.29. The number of amides is 1. The van der Waals surface area contributed by atoms with Crippen molar-refractivity contribution in [3.05, 3.63) is 42.2 Å². The Morgan fingerprint density at radius 2 is 2.05 bits per heavy atom. The quantitative estimate of drug-likeness (QED) is 0.907. The molecule has 0 aliphatic carbocycles. The first-order valence-corrected chi connectivity index (χ1v) is 7.05. The summed E-state index contributed by atoms with van der Waals surface area (Å²) in [6, 6.07) is 7.98. The van der Waals surface area contributed by atoms with Gasteiger partial charge in [0.05, 0.1) is 0 Å². The number of nitrogens with one attached hydrogen (secondary N) is 1. The Kier molecular flexibility index (Phi) is 3.65. The molecule has 1 amide bonds. The fraction of sp³-hybridized carbons (Fsp3) is 0.375. The molecule has 1 aromatic carbocycles. The van der Waals surface area contributed by atoms with Crippen molar-refractivity contribution in [2.75, 3.05) is 20.1 Å². The molecule has 1 aliphatic heterocycles. The minimum Gasteiger partial charge on any atom is -0.349 e. The number of likely N-dealkylation sites (tertiary alicyclic amines) is 1. The van der Waals surface area contributed by atoms with Gasteiger partial charge in [0.2, 0.25) is 0 Å². The largest absolute Gasteiger partial charge is 0.349 e. The third-order valence-electron chi connectivity index (χ3n) is 3.96. The second-order valence-corrected chi connectivity index (χ2v) is 5.49. The Labute approximate surface area is 118 Å². The molecule has 2 heterocycles. The Morgan fingerprint density at radius 3 is 2.85 bits per heavy atom. The highest BCUT2D eigenvalue weighted by Crippen LogP contribution is 2.15. The number of benzene rings is 1. The first-order chi connectivity index (χ1) is 9.72. The number of hydrogen-bond donors (Lipinski definition) is 1. The van der Waals surface area contributed by atoms with E-state index in [-0.39, 0.29) is 5.91 Å². The summed E-state index contributed by atoms with van der Waals surface area (Å²) in [6.45, 7) is 2.10. The van der Waals surface area contributed by atoms with Crippen LogP contribution in [0.15, 0.2) is 36.7 Å². The van der Waals surface area contributed by atoms with Crippen molar-refractivity contribution in [3.8, 4) is 0 Å². The lowest BCUT2D eigenvalue weighted by molar-refractivity contribution is 0.0917. The smallest absolute Gasteiger partial charge is 0.251 e. The molecule has 3 rings (SSSR count). The Morgan fingerprint density at radius 1 is 1.25 bits per heavy atom. The monoisotopic (exact) mass is 269 g/mol. The molecular formula is C16H19N3O. The summed E-state index contributed by atoms with van der Waals surface area (Å²) in [7, 11) is 2.12. The molecule has 1 saturated heterocycles. The molecule has 0 atom stereocenters. The molecule has 1 aromatic heterocycles. The van der Waals surface area contributed by atoms with Crippen molar-refractivity contribution in [2.45, 2.75) is 18.9 Å². The zero-order chi connectivity index (χ0) is 13.9. The number of pyridine rings is 1. The lowest BCUT2D eigenvalue weighted by atomic mass is 10.0. The van der Waals surface area contributed by atoms with Gasteiger partial charge >= 0.3 is 0 Å². The standard InChI is InChI=1S/C16H19N3O/c1-19-8-5-15(6-9-19)18-16(20)13-2-3-14-11-17-7-4-12(14)10-13/h2-4,7,10-11,15H,5-6,8-9H2,1H3,(H,18,20). The summed E-state index contributed by atoms with van der Waals surface area (Å²) in [5, 5.41) is 5.25. The fourth-order valence-electron chi connectivity index (χ4n) is 2.65. The number of carbonyl (C=O) groups excluding carboxylic acids is 1. The van der Waals surface area contributed by atoms with Crippen LogP contribution < -0.4 is 5.32 Å². The third kappa shape index (κ3) is 2.80. The van der Waals surface area contributed by atoms with Crippen LogP contribution in [-0.2, 0) is 0 Å². The van der Waals surface area contributed by atoms with Crippen LogP contribution in [0.1, 0.15) is 23.2 Å². The third-order valence-corrected chi connectivity index (χ3v) is 3.96.